The van der Waals surface area contributed by atoms with Crippen LogP contribution < -0.4 is 20.7 Å². The Labute approximate surface area is 226 Å². The predicted molar refractivity (Wildman–Crippen MR) is 141 cm³/mol. The van der Waals surface area contributed by atoms with Gasteiger partial charge in [-0.25, -0.2) is 14.2 Å². The van der Waals surface area contributed by atoms with Crippen LogP contribution in [0.15, 0.2) is 30.3 Å². The van der Waals surface area contributed by atoms with Crippen LogP contribution >= 0.6 is 11.3 Å². The van der Waals surface area contributed by atoms with Crippen LogP contribution in [0.4, 0.5) is 14.9 Å². The zero-order valence-corrected chi connectivity index (χ0v) is 22.1. The number of fused-ring (bicyclic) bond motifs is 2. The second kappa shape index (κ2) is 9.30. The number of urea groups is 1. The van der Waals surface area contributed by atoms with Gasteiger partial charge in [0.25, 0.3) is 5.91 Å². The van der Waals surface area contributed by atoms with E-state index in [2.05, 4.69) is 16.0 Å². The Morgan fingerprint density at radius 1 is 1.21 bits per heavy atom. The minimum atomic E-state index is -0.852. The molecule has 39 heavy (non-hydrogen) atoms. The lowest BCUT2D eigenvalue weighted by molar-refractivity contribution is -0.136. The standard InChI is InChI=1S/C27H26FN5O5S/c1-27(13-3-4-13,25-29-17-7-5-14(38-2)11-20(17)39-25)32-26(37)30-18-8-6-15-16(22(18)28)12-33(24(15)36)19-9-10-21(34)31-23(19)35/h5-8,11,13,19H,3-4,9-10,12H2,1-2H3,(H2,30,32,37)(H,31,34,35). The molecule has 3 aliphatic rings. The van der Waals surface area contributed by atoms with Gasteiger partial charge in [-0.05, 0) is 62.4 Å². The first-order chi connectivity index (χ1) is 18.7. The number of piperidine rings is 1. The van der Waals surface area contributed by atoms with Gasteiger partial charge < -0.3 is 20.3 Å². The molecule has 2 fully saturated rings. The molecule has 2 atom stereocenters. The molecule has 1 aromatic heterocycles. The van der Waals surface area contributed by atoms with Crippen LogP contribution in [-0.2, 0) is 21.7 Å². The maximum atomic E-state index is 15.5. The SMILES string of the molecule is COc1ccc2nc(C(C)(NC(=O)Nc3ccc4c(c3F)CN(C3CCC(=O)NC3=O)C4=O)C3CC3)sc2c1. The smallest absolute Gasteiger partial charge is 0.320 e. The summed E-state index contributed by atoms with van der Waals surface area (Å²) in [5.41, 5.74) is 0.215. The molecule has 1 saturated carbocycles. The van der Waals surface area contributed by atoms with Crippen LogP contribution in [0.25, 0.3) is 10.2 Å². The van der Waals surface area contributed by atoms with E-state index in [-0.39, 0.29) is 42.1 Å². The van der Waals surface area contributed by atoms with Gasteiger partial charge in [-0.3, -0.25) is 19.7 Å². The van der Waals surface area contributed by atoms with E-state index in [4.69, 9.17) is 9.72 Å². The Balaban J connectivity index is 1.21. The maximum absolute atomic E-state index is 15.5. The molecule has 5 amide bonds. The third-order valence-corrected chi connectivity index (χ3v) is 8.96. The number of carbonyl (C=O) groups is 4. The third kappa shape index (κ3) is 4.38. The van der Waals surface area contributed by atoms with Gasteiger partial charge in [0.1, 0.15) is 16.8 Å². The first-order valence-corrected chi connectivity index (χ1v) is 13.5. The zero-order chi connectivity index (χ0) is 27.5. The van der Waals surface area contributed by atoms with Crippen LogP contribution in [-0.4, -0.2) is 46.8 Å². The highest BCUT2D eigenvalue weighted by molar-refractivity contribution is 7.18. The second-order valence-corrected chi connectivity index (χ2v) is 11.3. The fraction of sp³-hybridized carbons (Fsp3) is 0.370. The Morgan fingerprint density at radius 3 is 2.72 bits per heavy atom. The van der Waals surface area contributed by atoms with Crippen molar-refractivity contribution in [3.8, 4) is 5.75 Å². The van der Waals surface area contributed by atoms with Crippen molar-refractivity contribution in [2.45, 2.75) is 50.7 Å². The van der Waals surface area contributed by atoms with Crippen molar-refractivity contribution in [1.82, 2.24) is 20.5 Å². The van der Waals surface area contributed by atoms with Crippen LogP contribution in [0.2, 0.25) is 0 Å². The van der Waals surface area contributed by atoms with Gasteiger partial charge in [0.05, 0.1) is 35.1 Å². The summed E-state index contributed by atoms with van der Waals surface area (Å²) in [5, 5.41) is 8.60. The number of rotatable bonds is 6. The maximum Gasteiger partial charge on any atom is 0.320 e. The molecule has 12 heteroatoms. The van der Waals surface area contributed by atoms with Gasteiger partial charge in [-0.2, -0.15) is 0 Å². The number of nitrogens with one attached hydrogen (secondary N) is 3. The fourth-order valence-corrected chi connectivity index (χ4v) is 6.51. The number of carbonyl (C=O) groups excluding carboxylic acids is 4. The van der Waals surface area contributed by atoms with E-state index in [0.717, 1.165) is 33.8 Å². The molecule has 2 aliphatic heterocycles. The van der Waals surface area contributed by atoms with E-state index >= 15 is 4.39 Å². The van der Waals surface area contributed by atoms with Crippen molar-refractivity contribution >= 4 is 51.0 Å². The number of halogens is 1. The van der Waals surface area contributed by atoms with Crippen molar-refractivity contribution < 1.29 is 28.3 Å². The number of nitrogens with zero attached hydrogens (tertiary/aromatic N) is 2. The Morgan fingerprint density at radius 2 is 2.00 bits per heavy atom. The van der Waals surface area contributed by atoms with Gasteiger partial charge in [-0.1, -0.05) is 0 Å². The first kappa shape index (κ1) is 25.2. The Hall–Kier alpha value is -4.06. The predicted octanol–water partition coefficient (Wildman–Crippen LogP) is 3.65. The summed E-state index contributed by atoms with van der Waals surface area (Å²) in [6.45, 7) is 1.80. The van der Waals surface area contributed by atoms with Gasteiger partial charge in [0.15, 0.2) is 5.82 Å². The topological polar surface area (TPSA) is 130 Å². The average Bonchev–Trinajstić information content (AvgIpc) is 3.60. The molecule has 3 N–H and O–H groups in total. The monoisotopic (exact) mass is 551 g/mol. The molecule has 1 saturated heterocycles. The van der Waals surface area contributed by atoms with Crippen molar-refractivity contribution in [1.29, 1.82) is 0 Å². The normalized spacial score (nSPS) is 20.4. The van der Waals surface area contributed by atoms with Gasteiger partial charge >= 0.3 is 6.03 Å². The molecule has 2 aromatic carbocycles. The van der Waals surface area contributed by atoms with Gasteiger partial charge in [0, 0.05) is 17.5 Å². The van der Waals surface area contributed by atoms with Gasteiger partial charge in [0.2, 0.25) is 11.8 Å². The molecule has 0 spiro atoms. The number of hydrogen-bond donors (Lipinski definition) is 3. The average molecular weight is 552 g/mol. The molecule has 10 nitrogen and oxygen atoms in total. The number of imide groups is 1. The number of ether oxygens (including phenoxy) is 1. The Bertz CT molecular complexity index is 1550. The van der Waals surface area contributed by atoms with Crippen LogP contribution in [0, 0.1) is 11.7 Å². The van der Waals surface area contributed by atoms with Crippen LogP contribution in [0.1, 0.15) is 53.5 Å². The molecule has 3 heterocycles. The Kier molecular flexibility index (Phi) is 6.01. The molecular formula is C27H26FN5O5S. The van der Waals surface area contributed by atoms with E-state index in [1.807, 2.05) is 25.1 Å². The molecular weight excluding hydrogens is 525 g/mol. The molecule has 6 rings (SSSR count). The summed E-state index contributed by atoms with van der Waals surface area (Å²) in [4.78, 5) is 55.9. The summed E-state index contributed by atoms with van der Waals surface area (Å²) in [5.74, 6) is -1.27. The van der Waals surface area contributed by atoms with Crippen molar-refractivity contribution in [2.75, 3.05) is 12.4 Å². The minimum absolute atomic E-state index is 0.0728. The van der Waals surface area contributed by atoms with E-state index in [1.54, 1.807) is 7.11 Å². The van der Waals surface area contributed by atoms with E-state index < -0.39 is 41.2 Å². The molecule has 0 bridgehead atoms. The van der Waals surface area contributed by atoms with Crippen molar-refractivity contribution in [3.63, 3.8) is 0 Å². The fourth-order valence-electron chi connectivity index (χ4n) is 5.34. The molecule has 3 aromatic rings. The number of methoxy groups -OCH3 is 1. The lowest BCUT2D eigenvalue weighted by Crippen LogP contribution is -2.52. The number of amides is 5. The van der Waals surface area contributed by atoms with Gasteiger partial charge in [-0.15, -0.1) is 11.3 Å². The number of benzene rings is 2. The second-order valence-electron chi connectivity index (χ2n) is 10.3. The highest BCUT2D eigenvalue weighted by atomic mass is 32.1. The zero-order valence-electron chi connectivity index (χ0n) is 21.3. The quantitative estimate of drug-likeness (QED) is 0.401. The largest absolute Gasteiger partial charge is 0.497 e. The molecule has 1 aliphatic carbocycles. The summed E-state index contributed by atoms with van der Waals surface area (Å²) < 4.78 is 21.8. The number of thiazole rings is 1. The summed E-state index contributed by atoms with van der Waals surface area (Å²) in [7, 11) is 1.60. The number of aromatic nitrogens is 1. The first-order valence-electron chi connectivity index (χ1n) is 12.7. The van der Waals surface area contributed by atoms with Crippen LogP contribution in [0.5, 0.6) is 5.75 Å². The number of anilines is 1. The van der Waals surface area contributed by atoms with Crippen molar-refractivity contribution in [2.24, 2.45) is 5.92 Å². The highest BCUT2D eigenvalue weighted by Crippen LogP contribution is 2.47. The van der Waals surface area contributed by atoms with E-state index in [1.165, 1.54) is 28.4 Å². The van der Waals surface area contributed by atoms with E-state index in [9.17, 15) is 19.2 Å². The summed E-state index contributed by atoms with van der Waals surface area (Å²) >= 11 is 1.48. The van der Waals surface area contributed by atoms with Crippen molar-refractivity contribution in [3.05, 3.63) is 52.3 Å². The van der Waals surface area contributed by atoms with E-state index in [0.29, 0.717) is 0 Å². The summed E-state index contributed by atoms with van der Waals surface area (Å²) in [6.07, 6.45) is 2.15. The lowest BCUT2D eigenvalue weighted by Gasteiger charge is -2.29. The minimum Gasteiger partial charge on any atom is -0.497 e. The molecule has 0 radical (unpaired) electrons. The number of hydrogen-bond acceptors (Lipinski definition) is 7. The third-order valence-electron chi connectivity index (χ3n) is 7.70. The molecule has 202 valence electrons. The lowest BCUT2D eigenvalue weighted by atomic mass is 9.97. The van der Waals surface area contributed by atoms with Crippen LogP contribution in [0.3, 0.4) is 0 Å². The molecule has 2 unspecified atom stereocenters. The highest BCUT2D eigenvalue weighted by Gasteiger charge is 2.46. The summed E-state index contributed by atoms with van der Waals surface area (Å²) in [6, 6.07) is 6.97.